The van der Waals surface area contributed by atoms with E-state index in [1.807, 2.05) is 0 Å². The first-order valence-electron chi connectivity index (χ1n) is 6.32. The summed E-state index contributed by atoms with van der Waals surface area (Å²) in [6, 6.07) is 1.64. The predicted octanol–water partition coefficient (Wildman–Crippen LogP) is 0.828. The van der Waals surface area contributed by atoms with Crippen molar-refractivity contribution in [1.82, 2.24) is 9.71 Å². The summed E-state index contributed by atoms with van der Waals surface area (Å²) in [5, 5.41) is 2.86. The molecular weight excluding hydrogens is 266 g/mol. The molecule has 1 aliphatic heterocycles. The number of hydrogen-bond acceptors (Lipinski definition) is 5. The van der Waals surface area contributed by atoms with Crippen molar-refractivity contribution in [1.29, 1.82) is 0 Å². The lowest BCUT2D eigenvalue weighted by Crippen LogP contribution is -2.33. The number of aromatic nitrogens is 1. The first kappa shape index (κ1) is 14.2. The first-order valence-corrected chi connectivity index (χ1v) is 7.81. The third kappa shape index (κ3) is 3.65. The summed E-state index contributed by atoms with van der Waals surface area (Å²) in [6.45, 7) is 1.80. The van der Waals surface area contributed by atoms with Gasteiger partial charge >= 0.3 is 0 Å². The van der Waals surface area contributed by atoms with Gasteiger partial charge in [-0.3, -0.25) is 4.98 Å². The third-order valence-corrected chi connectivity index (χ3v) is 4.61. The second kappa shape index (κ2) is 6.31. The molecule has 2 heterocycles. The minimum absolute atomic E-state index is 0.175. The molecule has 1 atom stereocenters. The standard InChI is InChI=1S/C12H19N3O3S/c1-13-11-4-5-14-8-12(11)19(16,17)15-7-10-3-2-6-18-9-10/h4-5,8,10,15H,2-3,6-7,9H2,1H3,(H,13,14). The van der Waals surface area contributed by atoms with Gasteiger partial charge in [-0.25, -0.2) is 13.1 Å². The molecule has 2 N–H and O–H groups in total. The first-order chi connectivity index (χ1) is 9.13. The van der Waals surface area contributed by atoms with Crippen molar-refractivity contribution in [3.05, 3.63) is 18.5 Å². The molecule has 0 aliphatic carbocycles. The van der Waals surface area contributed by atoms with Crippen LogP contribution in [-0.2, 0) is 14.8 Å². The van der Waals surface area contributed by atoms with Crippen LogP contribution in [0, 0.1) is 5.92 Å². The summed E-state index contributed by atoms with van der Waals surface area (Å²) in [5.74, 6) is 0.248. The van der Waals surface area contributed by atoms with Crippen molar-refractivity contribution >= 4 is 15.7 Å². The molecule has 1 saturated heterocycles. The van der Waals surface area contributed by atoms with Crippen LogP contribution in [-0.4, -0.2) is 40.2 Å². The quantitative estimate of drug-likeness (QED) is 0.837. The number of pyridine rings is 1. The largest absolute Gasteiger partial charge is 0.387 e. The van der Waals surface area contributed by atoms with Crippen LogP contribution in [0.15, 0.2) is 23.4 Å². The van der Waals surface area contributed by atoms with Crippen LogP contribution in [0.5, 0.6) is 0 Å². The maximum Gasteiger partial charge on any atom is 0.244 e. The second-order valence-corrected chi connectivity index (χ2v) is 6.29. The Balaban J connectivity index is 2.05. The SMILES string of the molecule is CNc1ccncc1S(=O)(=O)NCC1CCCOC1. The van der Waals surface area contributed by atoms with Gasteiger partial charge in [0.2, 0.25) is 10.0 Å². The number of nitrogens with one attached hydrogen (secondary N) is 2. The fourth-order valence-electron chi connectivity index (χ4n) is 2.07. The summed E-state index contributed by atoms with van der Waals surface area (Å²) >= 11 is 0. The van der Waals surface area contributed by atoms with Gasteiger partial charge in [0.25, 0.3) is 0 Å². The molecule has 1 aromatic heterocycles. The topological polar surface area (TPSA) is 80.3 Å². The highest BCUT2D eigenvalue weighted by molar-refractivity contribution is 7.89. The average molecular weight is 285 g/mol. The molecule has 0 bridgehead atoms. The Labute approximate surface area is 113 Å². The van der Waals surface area contributed by atoms with Crippen LogP contribution < -0.4 is 10.0 Å². The molecule has 19 heavy (non-hydrogen) atoms. The van der Waals surface area contributed by atoms with Crippen molar-refractivity contribution in [2.24, 2.45) is 5.92 Å². The molecule has 6 nitrogen and oxygen atoms in total. The lowest BCUT2D eigenvalue weighted by molar-refractivity contribution is 0.0568. The zero-order valence-electron chi connectivity index (χ0n) is 10.9. The molecular formula is C12H19N3O3S. The molecule has 0 saturated carbocycles. The van der Waals surface area contributed by atoms with Gasteiger partial charge in [0.1, 0.15) is 4.90 Å². The van der Waals surface area contributed by atoms with Crippen LogP contribution in [0.4, 0.5) is 5.69 Å². The highest BCUT2D eigenvalue weighted by Crippen LogP contribution is 2.19. The van der Waals surface area contributed by atoms with E-state index in [2.05, 4.69) is 15.0 Å². The Morgan fingerprint density at radius 3 is 3.05 bits per heavy atom. The number of anilines is 1. The molecule has 0 amide bonds. The van der Waals surface area contributed by atoms with E-state index >= 15 is 0 Å². The lowest BCUT2D eigenvalue weighted by atomic mass is 10.0. The Morgan fingerprint density at radius 2 is 2.37 bits per heavy atom. The second-order valence-electron chi connectivity index (χ2n) is 4.56. The summed E-state index contributed by atoms with van der Waals surface area (Å²) in [4.78, 5) is 4.05. The van der Waals surface area contributed by atoms with E-state index in [0.29, 0.717) is 18.8 Å². The number of sulfonamides is 1. The normalized spacial score (nSPS) is 20.2. The van der Waals surface area contributed by atoms with E-state index in [-0.39, 0.29) is 10.8 Å². The van der Waals surface area contributed by atoms with E-state index in [0.717, 1.165) is 19.4 Å². The summed E-state index contributed by atoms with van der Waals surface area (Å²) in [7, 11) is -1.85. The van der Waals surface area contributed by atoms with E-state index in [4.69, 9.17) is 4.74 Å². The average Bonchev–Trinajstić information content (AvgIpc) is 2.46. The van der Waals surface area contributed by atoms with E-state index in [1.54, 1.807) is 19.3 Å². The number of hydrogen-bond donors (Lipinski definition) is 2. The number of nitrogens with zero attached hydrogens (tertiary/aromatic N) is 1. The minimum atomic E-state index is -3.53. The third-order valence-electron chi connectivity index (χ3n) is 3.16. The summed E-state index contributed by atoms with van der Waals surface area (Å²) < 4.78 is 32.4. The zero-order valence-corrected chi connectivity index (χ0v) is 11.7. The van der Waals surface area contributed by atoms with Crippen LogP contribution in [0.1, 0.15) is 12.8 Å². The lowest BCUT2D eigenvalue weighted by Gasteiger charge is -2.22. The number of ether oxygens (including phenoxy) is 1. The molecule has 1 aromatic rings. The maximum atomic E-state index is 12.2. The number of rotatable bonds is 5. The maximum absolute atomic E-state index is 12.2. The predicted molar refractivity (Wildman–Crippen MR) is 72.5 cm³/mol. The van der Waals surface area contributed by atoms with Gasteiger partial charge in [-0.05, 0) is 24.8 Å². The Kier molecular flexibility index (Phi) is 4.73. The van der Waals surface area contributed by atoms with Crippen molar-refractivity contribution in [2.45, 2.75) is 17.7 Å². The molecule has 0 aromatic carbocycles. The zero-order chi connectivity index (χ0) is 13.7. The van der Waals surface area contributed by atoms with Crippen LogP contribution in [0.25, 0.3) is 0 Å². The fraction of sp³-hybridized carbons (Fsp3) is 0.583. The molecule has 0 spiro atoms. The summed E-state index contributed by atoms with van der Waals surface area (Å²) in [6.07, 6.45) is 4.89. The molecule has 106 valence electrons. The highest BCUT2D eigenvalue weighted by Gasteiger charge is 2.21. The monoisotopic (exact) mass is 285 g/mol. The van der Waals surface area contributed by atoms with Gasteiger partial charge in [0.05, 0.1) is 12.3 Å². The molecule has 0 radical (unpaired) electrons. The van der Waals surface area contributed by atoms with Gasteiger partial charge in [-0.2, -0.15) is 0 Å². The molecule has 1 fully saturated rings. The van der Waals surface area contributed by atoms with Gasteiger partial charge in [-0.15, -0.1) is 0 Å². The molecule has 2 rings (SSSR count). The van der Waals surface area contributed by atoms with Crippen LogP contribution in [0.3, 0.4) is 0 Å². The molecule has 1 unspecified atom stereocenters. The molecule has 7 heteroatoms. The molecule has 1 aliphatic rings. The minimum Gasteiger partial charge on any atom is -0.387 e. The van der Waals surface area contributed by atoms with Gasteiger partial charge in [0.15, 0.2) is 0 Å². The summed E-state index contributed by atoms with van der Waals surface area (Å²) in [5.41, 5.74) is 0.544. The van der Waals surface area contributed by atoms with Crippen molar-refractivity contribution in [3.8, 4) is 0 Å². The fourth-order valence-corrected chi connectivity index (χ4v) is 3.34. The Hall–Kier alpha value is -1.18. The van der Waals surface area contributed by atoms with E-state index < -0.39 is 10.0 Å². The van der Waals surface area contributed by atoms with Crippen LogP contribution in [0.2, 0.25) is 0 Å². The van der Waals surface area contributed by atoms with E-state index in [1.165, 1.54) is 6.20 Å². The van der Waals surface area contributed by atoms with Gasteiger partial charge in [-0.1, -0.05) is 0 Å². The van der Waals surface area contributed by atoms with Gasteiger partial charge in [0, 0.05) is 32.6 Å². The van der Waals surface area contributed by atoms with Crippen molar-refractivity contribution in [2.75, 3.05) is 32.1 Å². The van der Waals surface area contributed by atoms with Crippen molar-refractivity contribution in [3.63, 3.8) is 0 Å². The van der Waals surface area contributed by atoms with E-state index in [9.17, 15) is 8.42 Å². The highest BCUT2D eigenvalue weighted by atomic mass is 32.2. The van der Waals surface area contributed by atoms with Gasteiger partial charge < -0.3 is 10.1 Å². The Morgan fingerprint density at radius 1 is 1.53 bits per heavy atom. The van der Waals surface area contributed by atoms with Crippen LogP contribution >= 0.6 is 0 Å². The smallest absolute Gasteiger partial charge is 0.244 e. The Bertz CT molecular complexity index is 513. The van der Waals surface area contributed by atoms with Crippen molar-refractivity contribution < 1.29 is 13.2 Å².